The van der Waals surface area contributed by atoms with Gasteiger partial charge >= 0.3 is 0 Å². The molecule has 0 aliphatic rings. The second-order valence-corrected chi connectivity index (χ2v) is 8.80. The lowest BCUT2D eigenvalue weighted by Gasteiger charge is -2.09. The molecular formula is C19H17BrN6O2S. The molecule has 0 spiro atoms. The second-order valence-electron chi connectivity index (χ2n) is 6.12. The van der Waals surface area contributed by atoms with Crippen molar-refractivity contribution in [3.63, 3.8) is 0 Å². The monoisotopic (exact) mass is 472 g/mol. The summed E-state index contributed by atoms with van der Waals surface area (Å²) in [7, 11) is -3.56. The van der Waals surface area contributed by atoms with Crippen molar-refractivity contribution < 1.29 is 8.42 Å². The highest BCUT2D eigenvalue weighted by molar-refractivity contribution is 9.10. The highest BCUT2D eigenvalue weighted by Gasteiger charge is 2.13. The molecule has 8 nitrogen and oxygen atoms in total. The van der Waals surface area contributed by atoms with Crippen LogP contribution in [-0.2, 0) is 10.0 Å². The van der Waals surface area contributed by atoms with E-state index in [0.717, 1.165) is 15.5 Å². The third kappa shape index (κ3) is 4.44. The molecule has 4 rings (SSSR count). The fraction of sp³-hybridized carbons (Fsp3) is 0.105. The molecule has 0 unspecified atom stereocenters. The van der Waals surface area contributed by atoms with Crippen molar-refractivity contribution in [3.8, 4) is 5.82 Å². The van der Waals surface area contributed by atoms with Crippen LogP contribution in [-0.4, -0.2) is 41.0 Å². The van der Waals surface area contributed by atoms with Crippen molar-refractivity contribution in [2.24, 2.45) is 0 Å². The van der Waals surface area contributed by atoms with Crippen molar-refractivity contribution in [3.05, 3.63) is 71.6 Å². The second kappa shape index (κ2) is 8.27. The van der Waals surface area contributed by atoms with E-state index in [4.69, 9.17) is 0 Å². The Hall–Kier alpha value is -2.82. The predicted molar refractivity (Wildman–Crippen MR) is 114 cm³/mol. The van der Waals surface area contributed by atoms with E-state index in [1.54, 1.807) is 42.9 Å². The van der Waals surface area contributed by atoms with Gasteiger partial charge in [-0.1, -0.05) is 28.1 Å². The van der Waals surface area contributed by atoms with E-state index in [0.29, 0.717) is 18.3 Å². The van der Waals surface area contributed by atoms with Crippen molar-refractivity contribution in [1.82, 2.24) is 24.2 Å². The SMILES string of the molecule is O=S(=O)(NCCNc1nccc(-n2cnc3ccccc32)n1)c1ccc(Br)cc1. The number of nitrogens with one attached hydrogen (secondary N) is 2. The van der Waals surface area contributed by atoms with Crippen LogP contribution in [0.1, 0.15) is 0 Å². The maximum Gasteiger partial charge on any atom is 0.240 e. The average molecular weight is 473 g/mol. The minimum Gasteiger partial charge on any atom is -0.353 e. The molecular weight excluding hydrogens is 456 g/mol. The van der Waals surface area contributed by atoms with E-state index in [2.05, 4.69) is 40.9 Å². The van der Waals surface area contributed by atoms with E-state index in [-0.39, 0.29) is 11.4 Å². The van der Waals surface area contributed by atoms with Crippen LogP contribution in [0.2, 0.25) is 0 Å². The van der Waals surface area contributed by atoms with Gasteiger partial charge in [0.2, 0.25) is 16.0 Å². The first-order valence-corrected chi connectivity index (χ1v) is 11.1. The van der Waals surface area contributed by atoms with Crippen LogP contribution in [0.5, 0.6) is 0 Å². The van der Waals surface area contributed by atoms with Gasteiger partial charge in [-0.15, -0.1) is 0 Å². The summed E-state index contributed by atoms with van der Waals surface area (Å²) in [4.78, 5) is 13.3. The number of sulfonamides is 1. The first-order valence-electron chi connectivity index (χ1n) is 8.77. The molecule has 0 aliphatic carbocycles. The Labute approximate surface area is 176 Å². The fourth-order valence-electron chi connectivity index (χ4n) is 2.77. The predicted octanol–water partition coefficient (Wildman–Crippen LogP) is 2.97. The van der Waals surface area contributed by atoms with Crippen LogP contribution >= 0.6 is 15.9 Å². The summed E-state index contributed by atoms with van der Waals surface area (Å²) >= 11 is 3.29. The number of para-hydroxylation sites is 2. The first kappa shape index (κ1) is 19.5. The summed E-state index contributed by atoms with van der Waals surface area (Å²) < 4.78 is 29.8. The van der Waals surface area contributed by atoms with E-state index >= 15 is 0 Å². The molecule has 0 amide bonds. The number of hydrogen-bond acceptors (Lipinski definition) is 6. The largest absolute Gasteiger partial charge is 0.353 e. The molecule has 2 aromatic heterocycles. The van der Waals surface area contributed by atoms with Crippen LogP contribution < -0.4 is 10.0 Å². The normalized spacial score (nSPS) is 11.6. The van der Waals surface area contributed by atoms with Gasteiger partial charge in [0.1, 0.15) is 12.1 Å². The standard InChI is InChI=1S/C19H17BrN6O2S/c20-14-5-7-15(8-6-14)29(27,28)24-12-11-22-19-21-10-9-18(25-19)26-13-23-16-3-1-2-4-17(16)26/h1-10,13,24H,11-12H2,(H,21,22,25). The number of imidazole rings is 1. The molecule has 0 radical (unpaired) electrons. The number of aromatic nitrogens is 4. The van der Waals surface area contributed by atoms with Crippen LogP contribution in [0.3, 0.4) is 0 Å². The van der Waals surface area contributed by atoms with Crippen LogP contribution in [0.25, 0.3) is 16.9 Å². The smallest absolute Gasteiger partial charge is 0.240 e. The van der Waals surface area contributed by atoms with Gasteiger partial charge in [-0.2, -0.15) is 4.98 Å². The molecule has 0 saturated carbocycles. The van der Waals surface area contributed by atoms with Crippen molar-refractivity contribution in [2.45, 2.75) is 4.90 Å². The number of anilines is 1. The van der Waals surface area contributed by atoms with Gasteiger partial charge in [0.15, 0.2) is 0 Å². The Kier molecular flexibility index (Phi) is 5.56. The maximum absolute atomic E-state index is 12.3. The Morgan fingerprint density at radius 2 is 1.76 bits per heavy atom. The molecule has 29 heavy (non-hydrogen) atoms. The fourth-order valence-corrected chi connectivity index (χ4v) is 4.06. The Balaban J connectivity index is 1.40. The van der Waals surface area contributed by atoms with Crippen LogP contribution in [0.4, 0.5) is 5.95 Å². The Morgan fingerprint density at radius 1 is 0.966 bits per heavy atom. The van der Waals surface area contributed by atoms with Crippen molar-refractivity contribution in [2.75, 3.05) is 18.4 Å². The molecule has 0 atom stereocenters. The van der Waals surface area contributed by atoms with Gasteiger partial charge in [0.05, 0.1) is 15.9 Å². The first-order chi connectivity index (χ1) is 14.0. The quantitative estimate of drug-likeness (QED) is 0.401. The highest BCUT2D eigenvalue weighted by Crippen LogP contribution is 2.17. The van der Waals surface area contributed by atoms with E-state index in [1.807, 2.05) is 28.8 Å². The number of nitrogens with zero attached hydrogens (tertiary/aromatic N) is 4. The Bertz CT molecular complexity index is 1240. The molecule has 0 fully saturated rings. The molecule has 0 bridgehead atoms. The third-order valence-electron chi connectivity index (χ3n) is 4.17. The number of fused-ring (bicyclic) bond motifs is 1. The van der Waals surface area contributed by atoms with E-state index in [9.17, 15) is 8.42 Å². The molecule has 2 N–H and O–H groups in total. The minimum absolute atomic E-state index is 0.194. The summed E-state index contributed by atoms with van der Waals surface area (Å²) in [6, 6.07) is 16.0. The van der Waals surface area contributed by atoms with Gasteiger partial charge < -0.3 is 5.32 Å². The zero-order valence-electron chi connectivity index (χ0n) is 15.2. The molecule has 4 aromatic rings. The molecule has 0 saturated heterocycles. The maximum atomic E-state index is 12.3. The van der Waals surface area contributed by atoms with Gasteiger partial charge in [-0.3, -0.25) is 4.57 Å². The van der Waals surface area contributed by atoms with Crippen molar-refractivity contribution in [1.29, 1.82) is 0 Å². The van der Waals surface area contributed by atoms with E-state index in [1.165, 1.54) is 0 Å². The molecule has 2 heterocycles. The van der Waals surface area contributed by atoms with Gasteiger partial charge in [0, 0.05) is 23.8 Å². The van der Waals surface area contributed by atoms with Crippen LogP contribution in [0, 0.1) is 0 Å². The minimum atomic E-state index is -3.56. The lowest BCUT2D eigenvalue weighted by Crippen LogP contribution is -2.29. The average Bonchev–Trinajstić information content (AvgIpc) is 3.16. The molecule has 2 aromatic carbocycles. The summed E-state index contributed by atoms with van der Waals surface area (Å²) in [5.74, 6) is 1.08. The van der Waals surface area contributed by atoms with Gasteiger partial charge in [-0.25, -0.2) is 23.1 Å². The summed E-state index contributed by atoms with van der Waals surface area (Å²) in [5, 5.41) is 3.04. The topological polar surface area (TPSA) is 102 Å². The zero-order valence-corrected chi connectivity index (χ0v) is 17.6. The number of benzene rings is 2. The number of halogens is 1. The molecule has 148 valence electrons. The van der Waals surface area contributed by atoms with Crippen molar-refractivity contribution >= 4 is 42.9 Å². The molecule has 10 heteroatoms. The lowest BCUT2D eigenvalue weighted by molar-refractivity contribution is 0.583. The third-order valence-corrected chi connectivity index (χ3v) is 6.17. The summed E-state index contributed by atoms with van der Waals surface area (Å²) in [6.07, 6.45) is 3.36. The van der Waals surface area contributed by atoms with Gasteiger partial charge in [-0.05, 0) is 42.5 Å². The highest BCUT2D eigenvalue weighted by atomic mass is 79.9. The lowest BCUT2D eigenvalue weighted by atomic mass is 10.3. The number of rotatable bonds is 7. The summed E-state index contributed by atoms with van der Waals surface area (Å²) in [5.41, 5.74) is 1.82. The Morgan fingerprint density at radius 3 is 2.59 bits per heavy atom. The van der Waals surface area contributed by atoms with Gasteiger partial charge in [0.25, 0.3) is 0 Å². The zero-order chi connectivity index (χ0) is 20.3. The van der Waals surface area contributed by atoms with E-state index < -0.39 is 10.0 Å². The summed E-state index contributed by atoms with van der Waals surface area (Å²) in [6.45, 7) is 0.532. The number of hydrogen-bond donors (Lipinski definition) is 2. The molecule has 0 aliphatic heterocycles. The van der Waals surface area contributed by atoms with Crippen LogP contribution in [0.15, 0.2) is 76.5 Å².